The van der Waals surface area contributed by atoms with Crippen molar-refractivity contribution in [2.75, 3.05) is 18.0 Å². The van der Waals surface area contributed by atoms with Crippen LogP contribution in [-0.4, -0.2) is 23.3 Å². The van der Waals surface area contributed by atoms with Crippen molar-refractivity contribution in [3.8, 4) is 0 Å². The zero-order chi connectivity index (χ0) is 11.0. The minimum Gasteiger partial charge on any atom is -0.406 e. The van der Waals surface area contributed by atoms with Crippen LogP contribution in [0.3, 0.4) is 0 Å². The highest BCUT2D eigenvalue weighted by molar-refractivity contribution is 5.27. The number of anilines is 1. The summed E-state index contributed by atoms with van der Waals surface area (Å²) in [6.45, 7) is 8.30. The first-order valence-corrected chi connectivity index (χ1v) is 5.42. The van der Waals surface area contributed by atoms with Crippen LogP contribution in [0.2, 0.25) is 0 Å². The number of hydrogen-bond acceptors (Lipinski definition) is 5. The lowest BCUT2D eigenvalue weighted by molar-refractivity contribution is 0.460. The third kappa shape index (κ3) is 1.97. The van der Waals surface area contributed by atoms with E-state index in [1.165, 1.54) is 0 Å². The summed E-state index contributed by atoms with van der Waals surface area (Å²) in [5.41, 5.74) is 5.67. The lowest BCUT2D eigenvalue weighted by Gasteiger charge is -2.11. The molecular weight excluding hydrogens is 192 g/mol. The van der Waals surface area contributed by atoms with Crippen LogP contribution in [0.25, 0.3) is 0 Å². The van der Waals surface area contributed by atoms with Gasteiger partial charge in [0.1, 0.15) is 0 Å². The van der Waals surface area contributed by atoms with Gasteiger partial charge in [0.05, 0.1) is 6.04 Å². The Morgan fingerprint density at radius 2 is 1.93 bits per heavy atom. The average molecular weight is 210 g/mol. The average Bonchev–Trinajstić information content (AvgIpc) is 2.74. The molecule has 0 bridgehead atoms. The Bertz CT molecular complexity index is 326. The molecule has 3 atom stereocenters. The van der Waals surface area contributed by atoms with Crippen molar-refractivity contribution in [1.82, 2.24) is 10.2 Å². The largest absolute Gasteiger partial charge is 0.406 e. The zero-order valence-electron chi connectivity index (χ0n) is 9.47. The van der Waals surface area contributed by atoms with E-state index in [-0.39, 0.29) is 6.04 Å². The van der Waals surface area contributed by atoms with E-state index in [0.29, 0.717) is 23.7 Å². The fourth-order valence-electron chi connectivity index (χ4n) is 1.82. The van der Waals surface area contributed by atoms with Crippen LogP contribution < -0.4 is 10.6 Å². The Morgan fingerprint density at radius 3 is 2.40 bits per heavy atom. The Balaban J connectivity index is 2.10. The molecule has 2 heterocycles. The van der Waals surface area contributed by atoms with Crippen LogP contribution in [0, 0.1) is 11.8 Å². The molecule has 0 spiro atoms. The van der Waals surface area contributed by atoms with Crippen LogP contribution in [0.1, 0.15) is 32.7 Å². The summed E-state index contributed by atoms with van der Waals surface area (Å²) in [5, 5.41) is 7.94. The monoisotopic (exact) mass is 210 g/mol. The molecule has 84 valence electrons. The van der Waals surface area contributed by atoms with Gasteiger partial charge in [-0.1, -0.05) is 18.9 Å². The van der Waals surface area contributed by atoms with Gasteiger partial charge in [-0.25, -0.2) is 0 Å². The smallest absolute Gasteiger partial charge is 0.318 e. The lowest BCUT2D eigenvalue weighted by atomic mass is 10.0. The first-order valence-electron chi connectivity index (χ1n) is 5.42. The molecule has 1 fully saturated rings. The van der Waals surface area contributed by atoms with E-state index in [0.717, 1.165) is 13.1 Å². The molecule has 1 saturated heterocycles. The van der Waals surface area contributed by atoms with Crippen molar-refractivity contribution in [2.24, 2.45) is 17.6 Å². The van der Waals surface area contributed by atoms with E-state index in [2.05, 4.69) is 28.9 Å². The molecule has 1 aliphatic rings. The number of rotatable bonds is 2. The summed E-state index contributed by atoms with van der Waals surface area (Å²) in [5.74, 6) is 1.86. The maximum absolute atomic E-state index is 5.67. The predicted molar refractivity (Wildman–Crippen MR) is 57.4 cm³/mol. The summed E-state index contributed by atoms with van der Waals surface area (Å²) in [6.07, 6.45) is 0. The van der Waals surface area contributed by atoms with Gasteiger partial charge in [-0.2, -0.15) is 0 Å². The Kier molecular flexibility index (Phi) is 2.65. The van der Waals surface area contributed by atoms with Crippen LogP contribution >= 0.6 is 0 Å². The van der Waals surface area contributed by atoms with Gasteiger partial charge < -0.3 is 15.1 Å². The highest BCUT2D eigenvalue weighted by Gasteiger charge is 2.29. The Hall–Kier alpha value is -1.10. The van der Waals surface area contributed by atoms with Crippen molar-refractivity contribution >= 4 is 6.01 Å². The first kappa shape index (κ1) is 10.4. The molecule has 0 aliphatic carbocycles. The molecule has 1 aromatic rings. The standard InChI is InChI=1S/C10H18N4O/c1-6-4-14(5-7(6)2)10-13-12-9(15-10)8(3)11/h6-8H,4-5,11H2,1-3H3. The highest BCUT2D eigenvalue weighted by Crippen LogP contribution is 2.27. The fraction of sp³-hybridized carbons (Fsp3) is 0.800. The van der Waals surface area contributed by atoms with Crippen LogP contribution in [0.4, 0.5) is 6.01 Å². The topological polar surface area (TPSA) is 68.2 Å². The minimum atomic E-state index is -0.191. The Morgan fingerprint density at radius 1 is 1.33 bits per heavy atom. The molecule has 5 nitrogen and oxygen atoms in total. The SMILES string of the molecule is CC(N)c1nnc(N2CC(C)C(C)C2)o1. The molecular formula is C10H18N4O. The van der Waals surface area contributed by atoms with Crippen molar-refractivity contribution in [2.45, 2.75) is 26.8 Å². The molecule has 3 unspecified atom stereocenters. The number of aromatic nitrogens is 2. The molecule has 1 aromatic heterocycles. The van der Waals surface area contributed by atoms with Crippen molar-refractivity contribution in [1.29, 1.82) is 0 Å². The third-order valence-corrected chi connectivity index (χ3v) is 3.08. The van der Waals surface area contributed by atoms with Gasteiger partial charge >= 0.3 is 6.01 Å². The number of nitrogens with zero attached hydrogens (tertiary/aromatic N) is 3. The molecule has 15 heavy (non-hydrogen) atoms. The highest BCUT2D eigenvalue weighted by atomic mass is 16.4. The number of nitrogens with two attached hydrogens (primary N) is 1. The summed E-state index contributed by atoms with van der Waals surface area (Å²) >= 11 is 0. The van der Waals surface area contributed by atoms with E-state index < -0.39 is 0 Å². The molecule has 0 aromatic carbocycles. The van der Waals surface area contributed by atoms with E-state index in [9.17, 15) is 0 Å². The van der Waals surface area contributed by atoms with Gasteiger partial charge in [0, 0.05) is 13.1 Å². The second-order valence-electron chi connectivity index (χ2n) is 4.57. The summed E-state index contributed by atoms with van der Waals surface area (Å²) in [7, 11) is 0. The van der Waals surface area contributed by atoms with Gasteiger partial charge in [-0.3, -0.25) is 0 Å². The van der Waals surface area contributed by atoms with E-state index in [4.69, 9.17) is 10.2 Å². The van der Waals surface area contributed by atoms with Gasteiger partial charge in [-0.05, 0) is 18.8 Å². The molecule has 0 amide bonds. The summed E-state index contributed by atoms with van der Waals surface area (Å²) < 4.78 is 5.50. The van der Waals surface area contributed by atoms with Crippen LogP contribution in [0.5, 0.6) is 0 Å². The van der Waals surface area contributed by atoms with Gasteiger partial charge in [0.25, 0.3) is 0 Å². The van der Waals surface area contributed by atoms with Crippen molar-refractivity contribution < 1.29 is 4.42 Å². The first-order chi connectivity index (χ1) is 7.08. The second kappa shape index (κ2) is 3.81. The van der Waals surface area contributed by atoms with Gasteiger partial charge in [-0.15, -0.1) is 5.10 Å². The summed E-state index contributed by atoms with van der Waals surface area (Å²) in [6, 6.07) is 0.419. The van der Waals surface area contributed by atoms with Gasteiger partial charge in [0.2, 0.25) is 5.89 Å². The number of hydrogen-bond donors (Lipinski definition) is 1. The van der Waals surface area contributed by atoms with Crippen LogP contribution in [0.15, 0.2) is 4.42 Å². The third-order valence-electron chi connectivity index (χ3n) is 3.08. The second-order valence-corrected chi connectivity index (χ2v) is 4.57. The molecule has 2 rings (SSSR count). The molecule has 0 radical (unpaired) electrons. The molecule has 5 heteroatoms. The van der Waals surface area contributed by atoms with Crippen molar-refractivity contribution in [3.63, 3.8) is 0 Å². The molecule has 1 aliphatic heterocycles. The maximum Gasteiger partial charge on any atom is 0.318 e. The van der Waals surface area contributed by atoms with Crippen LogP contribution in [-0.2, 0) is 0 Å². The summed E-state index contributed by atoms with van der Waals surface area (Å²) in [4.78, 5) is 2.13. The quantitative estimate of drug-likeness (QED) is 0.794. The fourth-order valence-corrected chi connectivity index (χ4v) is 1.82. The van der Waals surface area contributed by atoms with Crippen molar-refractivity contribution in [3.05, 3.63) is 5.89 Å². The Labute approximate surface area is 89.6 Å². The maximum atomic E-state index is 5.67. The molecule has 0 saturated carbocycles. The predicted octanol–water partition coefficient (Wildman–Crippen LogP) is 1.18. The lowest BCUT2D eigenvalue weighted by Crippen LogP contribution is -2.19. The zero-order valence-corrected chi connectivity index (χ0v) is 9.47. The van der Waals surface area contributed by atoms with E-state index in [1.54, 1.807) is 0 Å². The molecule has 2 N–H and O–H groups in total. The minimum absolute atomic E-state index is 0.191. The normalized spacial score (nSPS) is 28.4. The van der Waals surface area contributed by atoms with E-state index >= 15 is 0 Å². The van der Waals surface area contributed by atoms with Gasteiger partial charge in [0.15, 0.2) is 0 Å². The van der Waals surface area contributed by atoms with E-state index in [1.807, 2.05) is 6.92 Å².